The van der Waals surface area contributed by atoms with Crippen LogP contribution in [0.15, 0.2) is 0 Å². The Bertz CT molecular complexity index is 60.8. The number of halogens is 1. The van der Waals surface area contributed by atoms with Crippen LogP contribution in [0.2, 0.25) is 0 Å². The van der Waals surface area contributed by atoms with E-state index < -0.39 is 12.1 Å². The van der Waals surface area contributed by atoms with Crippen molar-refractivity contribution in [3.63, 3.8) is 0 Å². The van der Waals surface area contributed by atoms with Crippen molar-refractivity contribution in [3.8, 4) is 0 Å². The number of hydrogen-bond donors (Lipinski definition) is 0. The lowest BCUT2D eigenvalue weighted by atomic mass is 9.89. The van der Waals surface area contributed by atoms with Crippen LogP contribution >= 0.6 is 0 Å². The van der Waals surface area contributed by atoms with Crippen LogP contribution in [0.4, 0.5) is 4.39 Å². The average molecular weight is 113 g/mol. The molecule has 1 rings (SSSR count). The van der Waals surface area contributed by atoms with Gasteiger partial charge in [0.05, 0.1) is 0 Å². The zero-order chi connectivity index (χ0) is 5.98. The van der Waals surface area contributed by atoms with Gasteiger partial charge in [0, 0.05) is 0 Å². The minimum absolute atomic E-state index is 0.413. The van der Waals surface area contributed by atoms with Crippen LogP contribution in [0.5, 0.6) is 0 Å². The third-order valence-electron chi connectivity index (χ3n) is 1.68. The van der Waals surface area contributed by atoms with Crippen LogP contribution in [-0.4, -0.2) is 6.17 Å². The molecular weight excluding hydrogens is 103 g/mol. The van der Waals surface area contributed by atoms with Crippen LogP contribution in [0.25, 0.3) is 0 Å². The van der Waals surface area contributed by atoms with Crippen molar-refractivity contribution in [1.82, 2.24) is 0 Å². The Labute approximate surface area is 50.1 Å². The second kappa shape index (κ2) is 2.47. The zero-order valence-electron chi connectivity index (χ0n) is 4.86. The van der Waals surface area contributed by atoms with Gasteiger partial charge in [-0.2, -0.15) is 0 Å². The van der Waals surface area contributed by atoms with Crippen LogP contribution in [0.1, 0.15) is 25.7 Å². The van der Waals surface area contributed by atoms with E-state index in [1.165, 1.54) is 0 Å². The Morgan fingerprint density at radius 1 is 1.25 bits per heavy atom. The Morgan fingerprint density at radius 3 is 2.25 bits per heavy atom. The highest BCUT2D eigenvalue weighted by molar-refractivity contribution is 4.75. The first-order valence-corrected chi connectivity index (χ1v) is 3.16. The molecule has 0 bridgehead atoms. The predicted octanol–water partition coefficient (Wildman–Crippen LogP) is 2.10. The van der Waals surface area contributed by atoms with E-state index in [9.17, 15) is 4.39 Å². The topological polar surface area (TPSA) is 0 Å². The predicted molar refractivity (Wildman–Crippen MR) is 30.1 cm³/mol. The van der Waals surface area contributed by atoms with Crippen LogP contribution < -0.4 is 0 Å². The Hall–Kier alpha value is -0.0700. The molecule has 2 unspecified atom stereocenters. The summed E-state index contributed by atoms with van der Waals surface area (Å²) in [5, 5.41) is 0. The van der Waals surface area contributed by atoms with Gasteiger partial charge in [0.1, 0.15) is 6.17 Å². The van der Waals surface area contributed by atoms with Gasteiger partial charge in [-0.15, -0.1) is 0 Å². The first-order valence-electron chi connectivity index (χ1n) is 3.16. The van der Waals surface area contributed by atoms with Crippen molar-refractivity contribution >= 4 is 0 Å². The summed E-state index contributed by atoms with van der Waals surface area (Å²) in [5.41, 5.74) is 0. The summed E-state index contributed by atoms with van der Waals surface area (Å²) in [6.45, 7) is 7.10. The second-order valence-corrected chi connectivity index (χ2v) is 2.41. The maximum Gasteiger partial charge on any atom is 0.104 e. The van der Waals surface area contributed by atoms with Gasteiger partial charge in [-0.05, 0) is 25.7 Å². The summed E-state index contributed by atoms with van der Waals surface area (Å²) in [6.07, 6.45) is 2.59. The maximum absolute atomic E-state index is 12.4. The van der Waals surface area contributed by atoms with Crippen LogP contribution in [-0.2, 0) is 0 Å². The molecule has 1 fully saturated rings. The zero-order valence-corrected chi connectivity index (χ0v) is 4.86. The smallest absolute Gasteiger partial charge is 0.104 e. The minimum atomic E-state index is -0.830. The average Bonchev–Trinajstić information content (AvgIpc) is 1.77. The van der Waals surface area contributed by atoms with Crippen molar-refractivity contribution < 1.29 is 4.39 Å². The standard InChI is InChI=1S/C7H10F/c1-6-4-2-3-5-7(6)8/h6-7H,2-5H2. The maximum atomic E-state index is 12.4. The molecule has 0 aromatic heterocycles. The van der Waals surface area contributed by atoms with E-state index >= 15 is 0 Å². The molecule has 0 heterocycles. The van der Waals surface area contributed by atoms with Crippen molar-refractivity contribution in [2.75, 3.05) is 0 Å². The molecule has 0 aromatic rings. The molecule has 0 N–H and O–H groups in total. The first-order chi connectivity index (χ1) is 3.80. The summed E-state index contributed by atoms with van der Waals surface area (Å²) < 4.78 is 12.4. The van der Waals surface area contributed by atoms with Gasteiger partial charge in [0.2, 0.25) is 0 Å². The third kappa shape index (κ3) is 1.21. The first kappa shape index (κ1) is 6.06. The summed E-state index contributed by atoms with van der Waals surface area (Å²) >= 11 is 0. The molecule has 0 spiro atoms. The van der Waals surface area contributed by atoms with Gasteiger partial charge in [-0.3, -0.25) is 0 Å². The highest BCUT2D eigenvalue weighted by Gasteiger charge is 2.19. The van der Waals surface area contributed by atoms with E-state index in [0.717, 1.165) is 19.3 Å². The number of alkyl halides is 1. The van der Waals surface area contributed by atoms with Crippen molar-refractivity contribution in [2.24, 2.45) is 5.92 Å². The van der Waals surface area contributed by atoms with E-state index in [0.29, 0.717) is 6.42 Å². The summed E-state index contributed by atoms with van der Waals surface area (Å²) in [6, 6.07) is 0. The number of hydrogen-bond acceptors (Lipinski definition) is 0. The quantitative estimate of drug-likeness (QED) is 0.451. The van der Waals surface area contributed by atoms with Gasteiger partial charge < -0.3 is 0 Å². The summed E-state index contributed by atoms with van der Waals surface area (Å²) in [4.78, 5) is 0. The van der Waals surface area contributed by atoms with Gasteiger partial charge in [-0.1, -0.05) is 12.8 Å². The molecular formula is C7H10F. The molecule has 3 radical (unpaired) electrons. The number of rotatable bonds is 0. The van der Waals surface area contributed by atoms with Crippen molar-refractivity contribution in [2.45, 2.75) is 31.9 Å². The molecule has 0 aliphatic heterocycles. The SMILES string of the molecule is [C]C1CCCCC1F. The van der Waals surface area contributed by atoms with Gasteiger partial charge in [-0.25, -0.2) is 4.39 Å². The lowest BCUT2D eigenvalue weighted by molar-refractivity contribution is 0.197. The van der Waals surface area contributed by atoms with Gasteiger partial charge >= 0.3 is 0 Å². The lowest BCUT2D eigenvalue weighted by Gasteiger charge is -2.20. The summed E-state index contributed by atoms with van der Waals surface area (Å²) in [5.74, 6) is -0.413. The molecule has 0 nitrogen and oxygen atoms in total. The molecule has 1 aliphatic rings. The van der Waals surface area contributed by atoms with E-state index in [2.05, 4.69) is 0 Å². The fourth-order valence-corrected chi connectivity index (χ4v) is 1.09. The molecule has 1 saturated carbocycles. The van der Waals surface area contributed by atoms with Crippen LogP contribution in [0, 0.1) is 12.8 Å². The molecule has 45 valence electrons. The molecule has 8 heavy (non-hydrogen) atoms. The largest absolute Gasteiger partial charge is 0.247 e. The highest BCUT2D eigenvalue weighted by Crippen LogP contribution is 2.25. The Kier molecular flexibility index (Phi) is 1.87. The molecule has 1 heteroatoms. The summed E-state index contributed by atoms with van der Waals surface area (Å²) in [7, 11) is 0. The Morgan fingerprint density at radius 2 is 1.88 bits per heavy atom. The fraction of sp³-hybridized carbons (Fsp3) is 0.857. The molecule has 2 atom stereocenters. The van der Waals surface area contributed by atoms with Crippen molar-refractivity contribution in [1.29, 1.82) is 0 Å². The van der Waals surface area contributed by atoms with Gasteiger partial charge in [0.15, 0.2) is 0 Å². The monoisotopic (exact) mass is 113 g/mol. The normalized spacial score (nSPS) is 39.8. The lowest BCUT2D eigenvalue weighted by Crippen LogP contribution is -2.17. The molecule has 0 amide bonds. The molecule has 1 aliphatic carbocycles. The van der Waals surface area contributed by atoms with Crippen LogP contribution in [0.3, 0.4) is 0 Å². The fourth-order valence-electron chi connectivity index (χ4n) is 1.09. The molecule has 0 saturated heterocycles. The second-order valence-electron chi connectivity index (χ2n) is 2.41. The van der Waals surface area contributed by atoms with E-state index in [1.54, 1.807) is 0 Å². The molecule has 0 aromatic carbocycles. The third-order valence-corrected chi connectivity index (χ3v) is 1.68. The highest BCUT2D eigenvalue weighted by atomic mass is 19.1. The van der Waals surface area contributed by atoms with E-state index in [1.807, 2.05) is 0 Å². The van der Waals surface area contributed by atoms with E-state index in [4.69, 9.17) is 6.92 Å². The van der Waals surface area contributed by atoms with Crippen molar-refractivity contribution in [3.05, 3.63) is 6.92 Å². The Balaban J connectivity index is 2.28. The van der Waals surface area contributed by atoms with Gasteiger partial charge in [0.25, 0.3) is 0 Å². The van der Waals surface area contributed by atoms with E-state index in [-0.39, 0.29) is 0 Å². The minimum Gasteiger partial charge on any atom is -0.247 e.